The molecule has 0 saturated carbocycles. The summed E-state index contributed by atoms with van der Waals surface area (Å²) in [5.74, 6) is 2.71. The van der Waals surface area contributed by atoms with Crippen molar-refractivity contribution in [3.63, 3.8) is 0 Å². The number of nitrogens with zero attached hydrogens (tertiary/aromatic N) is 4. The monoisotopic (exact) mass is 365 g/mol. The van der Waals surface area contributed by atoms with E-state index in [4.69, 9.17) is 16.3 Å². The van der Waals surface area contributed by atoms with Gasteiger partial charge in [-0.2, -0.15) is 9.50 Å². The number of nitrogens with one attached hydrogen (secondary N) is 1. The second kappa shape index (κ2) is 6.65. The molecule has 130 valence electrons. The van der Waals surface area contributed by atoms with Crippen LogP contribution in [0.4, 0.5) is 11.5 Å². The molecule has 2 heterocycles. The van der Waals surface area contributed by atoms with Crippen LogP contribution in [0, 0.1) is 6.92 Å². The molecule has 0 fully saturated rings. The maximum Gasteiger partial charge on any atom is 0.254 e. The zero-order valence-corrected chi connectivity index (χ0v) is 15.0. The van der Waals surface area contributed by atoms with Crippen LogP contribution >= 0.6 is 11.6 Å². The third-order valence-corrected chi connectivity index (χ3v) is 4.16. The number of halogens is 1. The minimum Gasteiger partial charge on any atom is -0.497 e. The number of anilines is 2. The molecular formula is C19H16ClN5O. The van der Waals surface area contributed by atoms with Crippen LogP contribution in [0.3, 0.4) is 0 Å². The number of fused-ring (bicyclic) bond motifs is 1. The van der Waals surface area contributed by atoms with E-state index in [1.54, 1.807) is 11.6 Å². The van der Waals surface area contributed by atoms with E-state index < -0.39 is 0 Å². The van der Waals surface area contributed by atoms with Crippen molar-refractivity contribution in [1.82, 2.24) is 19.6 Å². The first-order valence-corrected chi connectivity index (χ1v) is 8.41. The molecule has 0 aliphatic heterocycles. The quantitative estimate of drug-likeness (QED) is 0.576. The van der Waals surface area contributed by atoms with Crippen LogP contribution in [0.1, 0.15) is 5.69 Å². The Bertz CT molecular complexity index is 1060. The van der Waals surface area contributed by atoms with Crippen molar-refractivity contribution in [3.05, 3.63) is 65.3 Å². The Morgan fingerprint density at radius 1 is 1.00 bits per heavy atom. The molecule has 0 bridgehead atoms. The highest BCUT2D eigenvalue weighted by Crippen LogP contribution is 2.23. The lowest BCUT2D eigenvalue weighted by molar-refractivity contribution is 0.415. The van der Waals surface area contributed by atoms with Gasteiger partial charge in [-0.15, -0.1) is 5.10 Å². The fourth-order valence-electron chi connectivity index (χ4n) is 2.62. The maximum absolute atomic E-state index is 5.96. The Morgan fingerprint density at radius 3 is 2.42 bits per heavy atom. The van der Waals surface area contributed by atoms with Crippen molar-refractivity contribution >= 4 is 28.9 Å². The average Bonchev–Trinajstić information content (AvgIpc) is 3.07. The van der Waals surface area contributed by atoms with Crippen molar-refractivity contribution in [2.45, 2.75) is 6.92 Å². The molecule has 1 N–H and O–H groups in total. The Morgan fingerprint density at radius 2 is 1.73 bits per heavy atom. The number of rotatable bonds is 4. The van der Waals surface area contributed by atoms with Gasteiger partial charge in [0.2, 0.25) is 0 Å². The molecule has 26 heavy (non-hydrogen) atoms. The highest BCUT2D eigenvalue weighted by atomic mass is 35.5. The molecule has 0 spiro atoms. The first-order chi connectivity index (χ1) is 12.6. The summed E-state index contributed by atoms with van der Waals surface area (Å²) in [6.07, 6.45) is 0. The molecule has 0 amide bonds. The number of methoxy groups -OCH3 is 1. The van der Waals surface area contributed by atoms with Crippen molar-refractivity contribution < 1.29 is 4.74 Å². The first kappa shape index (κ1) is 16.4. The Balaban J connectivity index is 1.75. The molecule has 6 nitrogen and oxygen atoms in total. The van der Waals surface area contributed by atoms with E-state index in [2.05, 4.69) is 20.4 Å². The lowest BCUT2D eigenvalue weighted by Crippen LogP contribution is -2.02. The van der Waals surface area contributed by atoms with Crippen molar-refractivity contribution in [2.24, 2.45) is 0 Å². The van der Waals surface area contributed by atoms with Crippen LogP contribution in [0.15, 0.2) is 54.6 Å². The predicted octanol–water partition coefficient (Wildman–Crippen LogP) is 4.51. The van der Waals surface area contributed by atoms with Gasteiger partial charge in [0, 0.05) is 28.0 Å². The van der Waals surface area contributed by atoms with Crippen LogP contribution < -0.4 is 10.1 Å². The van der Waals surface area contributed by atoms with Gasteiger partial charge in [-0.05, 0) is 55.5 Å². The summed E-state index contributed by atoms with van der Waals surface area (Å²) in [6, 6.07) is 17.0. The molecule has 0 aliphatic carbocycles. The van der Waals surface area contributed by atoms with Gasteiger partial charge in [0.25, 0.3) is 5.78 Å². The van der Waals surface area contributed by atoms with Crippen molar-refractivity contribution in [3.8, 4) is 17.1 Å². The normalized spacial score (nSPS) is 10.9. The molecule has 4 aromatic rings. The van der Waals surface area contributed by atoms with E-state index in [0.717, 1.165) is 28.5 Å². The lowest BCUT2D eigenvalue weighted by atomic mass is 10.2. The summed E-state index contributed by atoms with van der Waals surface area (Å²) < 4.78 is 6.89. The molecule has 2 aromatic carbocycles. The van der Waals surface area contributed by atoms with Crippen molar-refractivity contribution in [2.75, 3.05) is 12.4 Å². The van der Waals surface area contributed by atoms with Gasteiger partial charge in [-0.3, -0.25) is 0 Å². The summed E-state index contributed by atoms with van der Waals surface area (Å²) in [5, 5.41) is 8.63. The molecule has 0 radical (unpaired) electrons. The fraction of sp³-hybridized carbons (Fsp3) is 0.105. The first-order valence-electron chi connectivity index (χ1n) is 8.04. The molecule has 0 atom stereocenters. The van der Waals surface area contributed by atoms with E-state index >= 15 is 0 Å². The number of hydrogen-bond acceptors (Lipinski definition) is 5. The summed E-state index contributed by atoms with van der Waals surface area (Å²) in [5.41, 5.74) is 2.65. The van der Waals surface area contributed by atoms with Gasteiger partial charge < -0.3 is 10.1 Å². The number of ether oxygens (including phenoxy) is 1. The van der Waals surface area contributed by atoms with Gasteiger partial charge in [0.15, 0.2) is 5.82 Å². The number of aromatic nitrogens is 4. The standard InChI is InChI=1S/C19H16ClN5O/c1-12-11-17(22-15-7-9-16(26-2)10-8-15)25-19(21-12)23-18(24-25)13-3-5-14(20)6-4-13/h3-11,22H,1-2H3. The highest BCUT2D eigenvalue weighted by molar-refractivity contribution is 6.30. The summed E-state index contributed by atoms with van der Waals surface area (Å²) in [7, 11) is 1.64. The largest absolute Gasteiger partial charge is 0.497 e. The van der Waals surface area contributed by atoms with Gasteiger partial charge in [0.05, 0.1) is 7.11 Å². The lowest BCUT2D eigenvalue weighted by Gasteiger charge is -2.09. The van der Waals surface area contributed by atoms with Crippen LogP contribution in [0.25, 0.3) is 17.2 Å². The average molecular weight is 366 g/mol. The minimum absolute atomic E-state index is 0.533. The molecule has 4 rings (SSSR count). The SMILES string of the molecule is COc1ccc(Nc2cc(C)nc3nc(-c4ccc(Cl)cc4)nn23)cc1. The van der Waals surface area contributed by atoms with E-state index in [9.17, 15) is 0 Å². The fourth-order valence-corrected chi connectivity index (χ4v) is 2.75. The van der Waals surface area contributed by atoms with Gasteiger partial charge in [0.1, 0.15) is 11.6 Å². The summed E-state index contributed by atoms with van der Waals surface area (Å²) in [4.78, 5) is 9.01. The van der Waals surface area contributed by atoms with Gasteiger partial charge in [-0.1, -0.05) is 11.6 Å². The molecule has 0 aliphatic rings. The van der Waals surface area contributed by atoms with Gasteiger partial charge in [-0.25, -0.2) is 4.98 Å². The molecule has 2 aromatic heterocycles. The number of benzene rings is 2. The van der Waals surface area contributed by atoms with Gasteiger partial charge >= 0.3 is 0 Å². The second-order valence-corrected chi connectivity index (χ2v) is 6.23. The predicted molar refractivity (Wildman–Crippen MR) is 102 cm³/mol. The van der Waals surface area contributed by atoms with Crippen LogP contribution in [0.2, 0.25) is 5.02 Å². The van der Waals surface area contributed by atoms with Crippen molar-refractivity contribution in [1.29, 1.82) is 0 Å². The number of aryl methyl sites for hydroxylation is 1. The van der Waals surface area contributed by atoms with E-state index in [0.29, 0.717) is 16.6 Å². The Kier molecular flexibility index (Phi) is 4.18. The van der Waals surface area contributed by atoms with E-state index in [1.165, 1.54) is 0 Å². The summed E-state index contributed by atoms with van der Waals surface area (Å²) in [6.45, 7) is 1.93. The van der Waals surface area contributed by atoms with E-state index in [1.807, 2.05) is 61.5 Å². The number of hydrogen-bond donors (Lipinski definition) is 1. The zero-order valence-electron chi connectivity index (χ0n) is 14.3. The van der Waals surface area contributed by atoms with Crippen LogP contribution in [0.5, 0.6) is 5.75 Å². The van der Waals surface area contributed by atoms with Crippen LogP contribution in [-0.4, -0.2) is 26.7 Å². The van der Waals surface area contributed by atoms with E-state index in [-0.39, 0.29) is 0 Å². The van der Waals surface area contributed by atoms with Crippen LogP contribution in [-0.2, 0) is 0 Å². The third kappa shape index (κ3) is 3.19. The Hall–Kier alpha value is -3.12. The molecule has 0 saturated heterocycles. The second-order valence-electron chi connectivity index (χ2n) is 5.79. The highest BCUT2D eigenvalue weighted by Gasteiger charge is 2.12. The molecule has 0 unspecified atom stereocenters. The zero-order chi connectivity index (χ0) is 18.1. The molecular weight excluding hydrogens is 350 g/mol. The third-order valence-electron chi connectivity index (χ3n) is 3.91. The topological polar surface area (TPSA) is 64.3 Å². The summed E-state index contributed by atoms with van der Waals surface area (Å²) >= 11 is 5.96. The smallest absolute Gasteiger partial charge is 0.254 e. The maximum atomic E-state index is 5.96. The minimum atomic E-state index is 0.533. The Labute approximate surface area is 155 Å². The molecule has 7 heteroatoms.